The predicted molar refractivity (Wildman–Crippen MR) is 112 cm³/mol. The topological polar surface area (TPSA) is 131 Å². The van der Waals surface area contributed by atoms with Crippen LogP contribution in [-0.4, -0.2) is 24.2 Å². The Kier molecular flexibility index (Phi) is 5.79. The lowest BCUT2D eigenvalue weighted by Gasteiger charge is -2.10. The molecule has 154 valence electrons. The highest BCUT2D eigenvalue weighted by Gasteiger charge is 2.20. The quantitative estimate of drug-likeness (QED) is 0.457. The first-order valence-electron chi connectivity index (χ1n) is 8.78. The van der Waals surface area contributed by atoms with Gasteiger partial charge in [0.15, 0.2) is 0 Å². The number of amides is 1. The number of nitrogens with zero attached hydrogens (tertiary/aromatic N) is 2. The van der Waals surface area contributed by atoms with Gasteiger partial charge in [0.1, 0.15) is 5.82 Å². The average Bonchev–Trinajstić information content (AvgIpc) is 2.70. The Hall–Kier alpha value is -3.79. The molecule has 0 aliphatic heterocycles. The molecule has 0 bridgehead atoms. The molecule has 0 spiro atoms. The van der Waals surface area contributed by atoms with E-state index in [1.807, 2.05) is 13.0 Å². The first-order valence-corrected chi connectivity index (χ1v) is 10.3. The summed E-state index contributed by atoms with van der Waals surface area (Å²) in [6, 6.07) is 13.0. The SMILES string of the molecule is Cc1ccc(S(=O)(=O)Nc2ccc(C(=O)Nc3ncccc3C)cc2)cc1[N+](=O)[O-]. The van der Waals surface area contributed by atoms with Crippen molar-refractivity contribution in [3.63, 3.8) is 0 Å². The van der Waals surface area contributed by atoms with Gasteiger partial charge in [-0.1, -0.05) is 12.1 Å². The van der Waals surface area contributed by atoms with Crippen LogP contribution < -0.4 is 10.0 Å². The fourth-order valence-electron chi connectivity index (χ4n) is 2.65. The lowest BCUT2D eigenvalue weighted by Crippen LogP contribution is -2.15. The van der Waals surface area contributed by atoms with Crippen molar-refractivity contribution >= 4 is 33.1 Å². The lowest BCUT2D eigenvalue weighted by atomic mass is 10.2. The molecule has 3 aromatic rings. The van der Waals surface area contributed by atoms with Crippen molar-refractivity contribution in [2.75, 3.05) is 10.0 Å². The van der Waals surface area contributed by atoms with E-state index < -0.39 is 14.9 Å². The molecule has 1 aromatic heterocycles. The first kappa shape index (κ1) is 20.9. The summed E-state index contributed by atoms with van der Waals surface area (Å²) in [5.74, 6) is 0.0496. The van der Waals surface area contributed by atoms with Crippen molar-refractivity contribution in [3.8, 4) is 0 Å². The van der Waals surface area contributed by atoms with Crippen LogP contribution in [0.3, 0.4) is 0 Å². The number of nitrogens with one attached hydrogen (secondary N) is 2. The van der Waals surface area contributed by atoms with Gasteiger partial charge in [0, 0.05) is 29.1 Å². The highest BCUT2D eigenvalue weighted by molar-refractivity contribution is 7.92. The lowest BCUT2D eigenvalue weighted by molar-refractivity contribution is -0.385. The van der Waals surface area contributed by atoms with E-state index in [0.717, 1.165) is 11.6 Å². The smallest absolute Gasteiger partial charge is 0.273 e. The van der Waals surface area contributed by atoms with Gasteiger partial charge >= 0.3 is 0 Å². The first-order chi connectivity index (χ1) is 14.2. The predicted octanol–water partition coefficient (Wildman–Crippen LogP) is 3.66. The zero-order chi connectivity index (χ0) is 21.9. The van der Waals surface area contributed by atoms with Gasteiger partial charge < -0.3 is 5.32 Å². The third-order valence-corrected chi connectivity index (χ3v) is 5.71. The molecule has 1 amide bonds. The van der Waals surface area contributed by atoms with E-state index in [4.69, 9.17) is 0 Å². The van der Waals surface area contributed by atoms with Crippen molar-refractivity contribution in [2.24, 2.45) is 0 Å². The Bertz CT molecular complexity index is 1220. The number of carbonyl (C=O) groups is 1. The van der Waals surface area contributed by atoms with Crippen LogP contribution in [0.5, 0.6) is 0 Å². The standard InChI is InChI=1S/C20H18N4O5S/c1-13-5-10-17(12-18(13)24(26)27)30(28,29)23-16-8-6-15(7-9-16)20(25)22-19-14(2)4-3-11-21-19/h3-12,23H,1-2H3,(H,21,22,25). The average molecular weight is 426 g/mol. The van der Waals surface area contributed by atoms with Crippen molar-refractivity contribution in [1.29, 1.82) is 0 Å². The molecule has 0 atom stereocenters. The Morgan fingerprint density at radius 3 is 2.37 bits per heavy atom. The van der Waals surface area contributed by atoms with Gasteiger partial charge in [0.2, 0.25) is 0 Å². The van der Waals surface area contributed by atoms with Crippen molar-refractivity contribution < 1.29 is 18.1 Å². The third-order valence-electron chi connectivity index (χ3n) is 4.33. The number of aromatic nitrogens is 1. The number of aryl methyl sites for hydroxylation is 2. The maximum atomic E-state index is 12.6. The van der Waals surface area contributed by atoms with Gasteiger partial charge in [-0.2, -0.15) is 0 Å². The van der Waals surface area contributed by atoms with Crippen LogP contribution in [0.15, 0.2) is 65.7 Å². The highest BCUT2D eigenvalue weighted by Crippen LogP contribution is 2.24. The summed E-state index contributed by atoms with van der Waals surface area (Å²) < 4.78 is 27.5. The maximum absolute atomic E-state index is 12.6. The molecule has 10 heteroatoms. The zero-order valence-electron chi connectivity index (χ0n) is 16.1. The van der Waals surface area contributed by atoms with Crippen LogP contribution in [0.2, 0.25) is 0 Å². The molecule has 0 fully saturated rings. The Labute approximate surface area is 173 Å². The monoisotopic (exact) mass is 426 g/mol. The van der Waals surface area contributed by atoms with E-state index in [0.29, 0.717) is 16.9 Å². The fourth-order valence-corrected chi connectivity index (χ4v) is 3.73. The molecule has 0 saturated heterocycles. The summed E-state index contributed by atoms with van der Waals surface area (Å²) in [5, 5.41) is 13.8. The zero-order valence-corrected chi connectivity index (χ0v) is 16.9. The minimum absolute atomic E-state index is 0.212. The molecule has 0 unspecified atom stereocenters. The van der Waals surface area contributed by atoms with Crippen molar-refractivity contribution in [1.82, 2.24) is 4.98 Å². The number of benzene rings is 2. The second kappa shape index (κ2) is 8.29. The molecular weight excluding hydrogens is 408 g/mol. The number of hydrogen-bond donors (Lipinski definition) is 2. The van der Waals surface area contributed by atoms with E-state index in [-0.39, 0.29) is 22.2 Å². The van der Waals surface area contributed by atoms with Crippen LogP contribution in [0.4, 0.5) is 17.2 Å². The maximum Gasteiger partial charge on any atom is 0.273 e. The van der Waals surface area contributed by atoms with Crippen LogP contribution in [0.25, 0.3) is 0 Å². The minimum atomic E-state index is -4.04. The van der Waals surface area contributed by atoms with Gasteiger partial charge in [-0.05, 0) is 55.8 Å². The van der Waals surface area contributed by atoms with E-state index in [9.17, 15) is 23.3 Å². The highest BCUT2D eigenvalue weighted by atomic mass is 32.2. The number of hydrogen-bond acceptors (Lipinski definition) is 6. The molecule has 0 aliphatic rings. The molecule has 2 N–H and O–H groups in total. The fraction of sp³-hybridized carbons (Fsp3) is 0.100. The second-order valence-corrected chi connectivity index (χ2v) is 8.19. The molecule has 30 heavy (non-hydrogen) atoms. The van der Waals surface area contributed by atoms with E-state index in [1.54, 1.807) is 12.3 Å². The van der Waals surface area contributed by atoms with Crippen LogP contribution >= 0.6 is 0 Å². The van der Waals surface area contributed by atoms with Gasteiger partial charge in [-0.3, -0.25) is 19.6 Å². The number of nitro benzene ring substituents is 1. The van der Waals surface area contributed by atoms with Gasteiger partial charge in [-0.15, -0.1) is 0 Å². The number of nitro groups is 1. The number of carbonyl (C=O) groups excluding carboxylic acids is 1. The molecule has 0 aliphatic carbocycles. The largest absolute Gasteiger partial charge is 0.306 e. The number of rotatable bonds is 6. The third kappa shape index (κ3) is 4.61. The van der Waals surface area contributed by atoms with E-state index >= 15 is 0 Å². The Morgan fingerprint density at radius 2 is 1.73 bits per heavy atom. The molecule has 0 saturated carbocycles. The van der Waals surface area contributed by atoms with Gasteiger partial charge in [0.25, 0.3) is 21.6 Å². The number of sulfonamides is 1. The Balaban J connectivity index is 1.76. The van der Waals surface area contributed by atoms with E-state index in [2.05, 4.69) is 15.0 Å². The van der Waals surface area contributed by atoms with E-state index in [1.165, 1.54) is 43.3 Å². The summed E-state index contributed by atoms with van der Waals surface area (Å²) in [6.45, 7) is 3.34. The van der Waals surface area contributed by atoms with Crippen LogP contribution in [-0.2, 0) is 10.0 Å². The van der Waals surface area contributed by atoms with Gasteiger partial charge in [-0.25, -0.2) is 13.4 Å². The molecule has 3 rings (SSSR count). The molecule has 1 heterocycles. The van der Waals surface area contributed by atoms with Crippen LogP contribution in [0, 0.1) is 24.0 Å². The van der Waals surface area contributed by atoms with Crippen LogP contribution in [0.1, 0.15) is 21.5 Å². The number of anilines is 2. The summed E-state index contributed by atoms with van der Waals surface area (Å²) in [6.07, 6.45) is 1.57. The molecule has 9 nitrogen and oxygen atoms in total. The second-order valence-electron chi connectivity index (χ2n) is 6.51. The Morgan fingerprint density at radius 1 is 1.03 bits per heavy atom. The summed E-state index contributed by atoms with van der Waals surface area (Å²) in [5.41, 5.74) is 1.41. The minimum Gasteiger partial charge on any atom is -0.306 e. The summed E-state index contributed by atoms with van der Waals surface area (Å²) in [7, 11) is -4.04. The van der Waals surface area contributed by atoms with Gasteiger partial charge in [0.05, 0.1) is 9.82 Å². The number of pyridine rings is 1. The molecule has 0 radical (unpaired) electrons. The normalized spacial score (nSPS) is 11.0. The van der Waals surface area contributed by atoms with Crippen molar-refractivity contribution in [3.05, 3.63) is 87.6 Å². The summed E-state index contributed by atoms with van der Waals surface area (Å²) in [4.78, 5) is 26.7. The molecule has 2 aromatic carbocycles. The van der Waals surface area contributed by atoms with Crippen molar-refractivity contribution in [2.45, 2.75) is 18.7 Å². The molecular formula is C20H18N4O5S. The summed E-state index contributed by atoms with van der Waals surface area (Å²) >= 11 is 0.